The van der Waals surface area contributed by atoms with Gasteiger partial charge in [0.1, 0.15) is 4.99 Å². The summed E-state index contributed by atoms with van der Waals surface area (Å²) in [6, 6.07) is 7.76. The van der Waals surface area contributed by atoms with E-state index in [9.17, 15) is 4.79 Å². The highest BCUT2D eigenvalue weighted by atomic mass is 35.5. The first-order chi connectivity index (χ1) is 8.97. The maximum absolute atomic E-state index is 11.9. The van der Waals surface area contributed by atoms with E-state index in [1.54, 1.807) is 18.2 Å². The predicted octanol–water partition coefficient (Wildman–Crippen LogP) is 3.47. The number of benzene rings is 1. The van der Waals surface area contributed by atoms with Crippen LogP contribution in [0.15, 0.2) is 34.7 Å². The molecule has 0 aliphatic carbocycles. The fraction of sp³-hybridized carbons (Fsp3) is 0. The van der Waals surface area contributed by atoms with Crippen LogP contribution in [0.1, 0.15) is 16.1 Å². The molecular weight excluding hydrogens is 307 g/mol. The van der Waals surface area contributed by atoms with Gasteiger partial charge in [0, 0.05) is 10.6 Å². The van der Waals surface area contributed by atoms with E-state index in [1.165, 1.54) is 12.1 Å². The van der Waals surface area contributed by atoms with Crippen LogP contribution in [0, 0.1) is 0 Å². The number of nitrogens with two attached hydrogens (primary N) is 1. The number of carbonyl (C=O) groups excluding carboxylic acids is 1. The average molecular weight is 315 g/mol. The normalized spacial score (nSPS) is 10.2. The predicted molar refractivity (Wildman–Crippen MR) is 79.0 cm³/mol. The van der Waals surface area contributed by atoms with Crippen molar-refractivity contribution < 1.29 is 9.21 Å². The van der Waals surface area contributed by atoms with Crippen LogP contribution in [0.2, 0.25) is 10.2 Å². The summed E-state index contributed by atoms with van der Waals surface area (Å²) in [7, 11) is 0. The Morgan fingerprint density at radius 3 is 2.58 bits per heavy atom. The van der Waals surface area contributed by atoms with Gasteiger partial charge in [-0.3, -0.25) is 4.79 Å². The van der Waals surface area contributed by atoms with Gasteiger partial charge in [-0.1, -0.05) is 23.8 Å². The molecule has 0 unspecified atom stereocenters. The SMILES string of the molecule is NC(=S)c1ccc(Cl)cc1NC(=O)c1ccc(Cl)o1. The summed E-state index contributed by atoms with van der Waals surface area (Å²) in [5, 5.41) is 3.20. The van der Waals surface area contributed by atoms with Gasteiger partial charge >= 0.3 is 0 Å². The van der Waals surface area contributed by atoms with Gasteiger partial charge in [-0.2, -0.15) is 0 Å². The highest BCUT2D eigenvalue weighted by Crippen LogP contribution is 2.22. The molecule has 3 N–H and O–H groups in total. The van der Waals surface area contributed by atoms with Crippen LogP contribution in [-0.2, 0) is 0 Å². The average Bonchev–Trinajstić information content (AvgIpc) is 2.75. The van der Waals surface area contributed by atoms with Gasteiger partial charge in [-0.15, -0.1) is 0 Å². The van der Waals surface area contributed by atoms with E-state index in [1.807, 2.05) is 0 Å². The van der Waals surface area contributed by atoms with Crippen LogP contribution in [0.5, 0.6) is 0 Å². The fourth-order valence-electron chi connectivity index (χ4n) is 1.45. The summed E-state index contributed by atoms with van der Waals surface area (Å²) < 4.78 is 5.00. The van der Waals surface area contributed by atoms with Crippen LogP contribution >= 0.6 is 35.4 Å². The second kappa shape index (κ2) is 5.61. The Labute approximate surface area is 124 Å². The largest absolute Gasteiger partial charge is 0.440 e. The minimum atomic E-state index is -0.466. The highest BCUT2D eigenvalue weighted by Gasteiger charge is 2.14. The van der Waals surface area contributed by atoms with Crippen molar-refractivity contribution in [1.29, 1.82) is 0 Å². The summed E-state index contributed by atoms with van der Waals surface area (Å²) in [5.41, 5.74) is 6.51. The monoisotopic (exact) mass is 314 g/mol. The number of thiocarbonyl (C=S) groups is 1. The molecule has 0 aliphatic rings. The van der Waals surface area contributed by atoms with Gasteiger partial charge in [-0.05, 0) is 41.9 Å². The molecule has 0 saturated carbocycles. The second-order valence-electron chi connectivity index (χ2n) is 3.61. The zero-order valence-corrected chi connectivity index (χ0v) is 11.8. The lowest BCUT2D eigenvalue weighted by atomic mass is 10.1. The second-order valence-corrected chi connectivity index (χ2v) is 4.86. The molecule has 7 heteroatoms. The lowest BCUT2D eigenvalue weighted by Crippen LogP contribution is -2.17. The van der Waals surface area contributed by atoms with E-state index >= 15 is 0 Å². The molecule has 0 bridgehead atoms. The Balaban J connectivity index is 2.30. The zero-order valence-electron chi connectivity index (χ0n) is 9.44. The molecule has 0 aliphatic heterocycles. The minimum Gasteiger partial charge on any atom is -0.440 e. The van der Waals surface area contributed by atoms with E-state index in [-0.39, 0.29) is 16.0 Å². The Morgan fingerprint density at radius 1 is 1.26 bits per heavy atom. The van der Waals surface area contributed by atoms with E-state index in [2.05, 4.69) is 5.32 Å². The molecule has 0 spiro atoms. The van der Waals surface area contributed by atoms with Crippen LogP contribution in [-0.4, -0.2) is 10.9 Å². The summed E-state index contributed by atoms with van der Waals surface area (Å²) in [6.07, 6.45) is 0. The summed E-state index contributed by atoms with van der Waals surface area (Å²) >= 11 is 16.4. The molecule has 0 saturated heterocycles. The first-order valence-corrected chi connectivity index (χ1v) is 6.30. The number of anilines is 1. The van der Waals surface area contributed by atoms with Crippen molar-refractivity contribution in [2.45, 2.75) is 0 Å². The van der Waals surface area contributed by atoms with Gasteiger partial charge in [-0.25, -0.2) is 0 Å². The smallest absolute Gasteiger partial charge is 0.291 e. The Hall–Kier alpha value is -1.56. The Bertz CT molecular complexity index is 655. The summed E-state index contributed by atoms with van der Waals surface area (Å²) in [4.78, 5) is 12.1. The minimum absolute atomic E-state index is 0.0823. The first kappa shape index (κ1) is 13.9. The molecule has 0 fully saturated rings. The topological polar surface area (TPSA) is 68.3 Å². The molecule has 1 heterocycles. The van der Waals surface area contributed by atoms with Crippen molar-refractivity contribution in [3.63, 3.8) is 0 Å². The molecule has 1 aromatic carbocycles. The van der Waals surface area contributed by atoms with E-state index < -0.39 is 5.91 Å². The van der Waals surface area contributed by atoms with E-state index in [4.69, 9.17) is 45.6 Å². The maximum atomic E-state index is 11.9. The molecule has 1 amide bonds. The molecule has 2 rings (SSSR count). The molecule has 4 nitrogen and oxygen atoms in total. The maximum Gasteiger partial charge on any atom is 0.291 e. The highest BCUT2D eigenvalue weighted by molar-refractivity contribution is 7.80. The standard InChI is InChI=1S/C12H8Cl2N2O2S/c13-6-1-2-7(11(15)19)8(5-6)16-12(17)9-3-4-10(14)18-9/h1-5H,(H2,15,19)(H,16,17). The Kier molecular flexibility index (Phi) is 4.09. The Morgan fingerprint density at radius 2 is 2.00 bits per heavy atom. The molecule has 0 atom stereocenters. The van der Waals surface area contributed by atoms with Crippen molar-refractivity contribution >= 4 is 52.0 Å². The fourth-order valence-corrected chi connectivity index (χ4v) is 1.95. The summed E-state index contributed by atoms with van der Waals surface area (Å²) in [6.45, 7) is 0. The van der Waals surface area contributed by atoms with Crippen LogP contribution in [0.25, 0.3) is 0 Å². The number of nitrogens with one attached hydrogen (secondary N) is 1. The third-order valence-corrected chi connectivity index (χ3v) is 2.95. The quantitative estimate of drug-likeness (QED) is 0.851. The molecule has 19 heavy (non-hydrogen) atoms. The van der Waals surface area contributed by atoms with Crippen molar-refractivity contribution in [3.8, 4) is 0 Å². The van der Waals surface area contributed by atoms with Crippen molar-refractivity contribution in [1.82, 2.24) is 0 Å². The van der Waals surface area contributed by atoms with Crippen molar-refractivity contribution in [2.75, 3.05) is 5.32 Å². The number of hydrogen-bond acceptors (Lipinski definition) is 3. The van der Waals surface area contributed by atoms with Crippen LogP contribution in [0.3, 0.4) is 0 Å². The van der Waals surface area contributed by atoms with Crippen LogP contribution in [0.4, 0.5) is 5.69 Å². The molecule has 1 aromatic heterocycles. The first-order valence-electron chi connectivity index (χ1n) is 5.13. The van der Waals surface area contributed by atoms with Gasteiger partial charge in [0.25, 0.3) is 5.91 Å². The lowest BCUT2D eigenvalue weighted by molar-refractivity contribution is 0.0997. The number of furan rings is 1. The van der Waals surface area contributed by atoms with Crippen molar-refractivity contribution in [3.05, 3.63) is 51.9 Å². The van der Waals surface area contributed by atoms with Crippen LogP contribution < -0.4 is 11.1 Å². The zero-order chi connectivity index (χ0) is 14.0. The number of halogens is 2. The number of amides is 1. The number of rotatable bonds is 3. The number of hydrogen-bond donors (Lipinski definition) is 2. The van der Waals surface area contributed by atoms with Gasteiger partial charge in [0.2, 0.25) is 0 Å². The van der Waals surface area contributed by atoms with Crippen molar-refractivity contribution in [2.24, 2.45) is 5.73 Å². The van der Waals surface area contributed by atoms with Gasteiger partial charge in [0.05, 0.1) is 5.69 Å². The molecular formula is C12H8Cl2N2O2S. The van der Waals surface area contributed by atoms with E-state index in [0.717, 1.165) is 0 Å². The van der Waals surface area contributed by atoms with Gasteiger partial charge < -0.3 is 15.5 Å². The van der Waals surface area contributed by atoms with Gasteiger partial charge in [0.15, 0.2) is 11.0 Å². The molecule has 2 aromatic rings. The third kappa shape index (κ3) is 3.26. The summed E-state index contributed by atoms with van der Waals surface area (Å²) in [5.74, 6) is -0.384. The third-order valence-electron chi connectivity index (χ3n) is 2.29. The lowest BCUT2D eigenvalue weighted by Gasteiger charge is -2.09. The molecule has 0 radical (unpaired) electrons. The molecule has 98 valence electrons. The number of carbonyl (C=O) groups is 1. The van der Waals surface area contributed by atoms with E-state index in [0.29, 0.717) is 16.3 Å².